The summed E-state index contributed by atoms with van der Waals surface area (Å²) in [4.78, 5) is 40.3. The zero-order valence-corrected chi connectivity index (χ0v) is 15.3. The number of carboxylic acids is 1. The van der Waals surface area contributed by atoms with Crippen molar-refractivity contribution in [2.75, 3.05) is 6.54 Å². The molecule has 10 nitrogen and oxygen atoms in total. The topological polar surface area (TPSA) is 142 Å². The van der Waals surface area contributed by atoms with Crippen molar-refractivity contribution in [3.63, 3.8) is 0 Å². The third kappa shape index (κ3) is 4.39. The molecule has 0 aliphatic carbocycles. The van der Waals surface area contributed by atoms with Gasteiger partial charge in [0.2, 0.25) is 5.91 Å². The van der Waals surface area contributed by atoms with Crippen LogP contribution in [0.4, 0.5) is 0 Å². The number of allylic oxidation sites excluding steroid dienone is 1. The van der Waals surface area contributed by atoms with Crippen LogP contribution in [0.25, 0.3) is 10.4 Å². The van der Waals surface area contributed by atoms with Gasteiger partial charge in [-0.3, -0.25) is 9.69 Å². The second kappa shape index (κ2) is 8.94. The van der Waals surface area contributed by atoms with Gasteiger partial charge in [-0.1, -0.05) is 47.6 Å². The Morgan fingerprint density at radius 2 is 2.10 bits per heavy atom. The number of azide groups is 1. The minimum absolute atomic E-state index is 0.00930. The summed E-state index contributed by atoms with van der Waals surface area (Å²) >= 11 is 0. The largest absolute Gasteiger partial charge is 0.478 e. The first-order valence-electron chi connectivity index (χ1n) is 8.83. The quantitative estimate of drug-likeness (QED) is 0.135. The number of rotatable bonds is 8. The van der Waals surface area contributed by atoms with Crippen LogP contribution >= 0.6 is 0 Å². The molecule has 2 aliphatic rings. The van der Waals surface area contributed by atoms with E-state index in [4.69, 9.17) is 15.0 Å². The number of β-lactam (4-membered cyclic amide) rings is 1. The van der Waals surface area contributed by atoms with Crippen molar-refractivity contribution in [2.24, 2.45) is 5.11 Å². The first kappa shape index (κ1) is 20.0. The number of carbonyl (C=O) groups is 3. The van der Waals surface area contributed by atoms with Gasteiger partial charge in [-0.25, -0.2) is 9.59 Å². The molecule has 1 aromatic rings. The number of carboxylic acid groups (broad SMARTS) is 1. The Morgan fingerprint density at radius 3 is 2.76 bits per heavy atom. The second-order valence-corrected chi connectivity index (χ2v) is 6.31. The molecule has 0 spiro atoms. The van der Waals surface area contributed by atoms with E-state index in [1.54, 1.807) is 24.3 Å². The Hall–Kier alpha value is -3.78. The second-order valence-electron chi connectivity index (χ2n) is 6.31. The minimum atomic E-state index is -1.27. The first-order valence-corrected chi connectivity index (χ1v) is 8.83. The number of amides is 1. The molecule has 1 N–H and O–H groups in total. The number of fused-ring (bicyclic) bond motifs is 1. The van der Waals surface area contributed by atoms with Gasteiger partial charge in [0.05, 0.1) is 12.0 Å². The average molecular weight is 398 g/mol. The SMILES string of the molecule is [N-]=[N+]=NCC=CCC(C(=O)O)=C1O[C@@H]2CC(=O)N2C1C(=O)OCc1ccccc1. The number of ether oxygens (including phenoxy) is 2. The lowest BCUT2D eigenvalue weighted by Crippen LogP contribution is -2.55. The van der Waals surface area contributed by atoms with Gasteiger partial charge in [0.15, 0.2) is 12.3 Å². The van der Waals surface area contributed by atoms with Gasteiger partial charge < -0.3 is 14.6 Å². The van der Waals surface area contributed by atoms with Crippen molar-refractivity contribution in [2.45, 2.75) is 31.7 Å². The fourth-order valence-electron chi connectivity index (χ4n) is 3.06. The van der Waals surface area contributed by atoms with Gasteiger partial charge in [0.1, 0.15) is 12.4 Å². The molecule has 1 unspecified atom stereocenters. The Bertz CT molecular complexity index is 920. The average Bonchev–Trinajstić information content (AvgIpc) is 3.02. The number of carbonyl (C=O) groups excluding carboxylic acids is 2. The van der Waals surface area contributed by atoms with E-state index in [0.29, 0.717) is 0 Å². The van der Waals surface area contributed by atoms with Gasteiger partial charge in [-0.15, -0.1) is 0 Å². The summed E-state index contributed by atoms with van der Waals surface area (Å²) in [5.41, 5.74) is 8.87. The predicted octanol–water partition coefficient (Wildman–Crippen LogP) is 2.28. The highest BCUT2D eigenvalue weighted by Crippen LogP contribution is 2.39. The van der Waals surface area contributed by atoms with E-state index in [1.165, 1.54) is 17.1 Å². The van der Waals surface area contributed by atoms with Crippen LogP contribution in [0.15, 0.2) is 58.9 Å². The molecule has 1 aromatic carbocycles. The lowest BCUT2D eigenvalue weighted by molar-refractivity contribution is -0.166. The highest BCUT2D eigenvalue weighted by atomic mass is 16.6. The molecule has 2 fully saturated rings. The van der Waals surface area contributed by atoms with Gasteiger partial charge in [0, 0.05) is 17.9 Å². The third-order valence-corrected chi connectivity index (χ3v) is 4.48. The molecule has 2 saturated heterocycles. The third-order valence-electron chi connectivity index (χ3n) is 4.48. The maximum Gasteiger partial charge on any atom is 0.337 e. The maximum absolute atomic E-state index is 12.7. The van der Waals surface area contributed by atoms with Crippen LogP contribution in [0.2, 0.25) is 0 Å². The van der Waals surface area contributed by atoms with Crippen LogP contribution < -0.4 is 0 Å². The minimum Gasteiger partial charge on any atom is -0.478 e. The summed E-state index contributed by atoms with van der Waals surface area (Å²) in [6.45, 7) is 0.0555. The summed E-state index contributed by atoms with van der Waals surface area (Å²) < 4.78 is 10.9. The molecule has 0 saturated carbocycles. The Morgan fingerprint density at radius 1 is 1.34 bits per heavy atom. The molecule has 0 bridgehead atoms. The van der Waals surface area contributed by atoms with Crippen molar-refractivity contribution in [1.82, 2.24) is 4.90 Å². The number of hydrogen-bond donors (Lipinski definition) is 1. The first-order chi connectivity index (χ1) is 14.0. The Balaban J connectivity index is 1.82. The van der Waals surface area contributed by atoms with E-state index >= 15 is 0 Å². The lowest BCUT2D eigenvalue weighted by Gasteiger charge is -2.33. The normalized spacial score (nSPS) is 21.7. The zero-order valence-electron chi connectivity index (χ0n) is 15.3. The van der Waals surface area contributed by atoms with Crippen molar-refractivity contribution >= 4 is 17.8 Å². The predicted molar refractivity (Wildman–Crippen MR) is 98.8 cm³/mol. The number of hydrogen-bond acceptors (Lipinski definition) is 6. The number of nitrogens with zero attached hydrogens (tertiary/aromatic N) is 4. The Labute approximate surface area is 165 Å². The molecular weight excluding hydrogens is 380 g/mol. The number of aliphatic carboxylic acids is 1. The fourth-order valence-corrected chi connectivity index (χ4v) is 3.06. The molecule has 1 amide bonds. The van der Waals surface area contributed by atoms with Crippen molar-refractivity contribution in [3.05, 3.63) is 69.8 Å². The molecular formula is C19H18N4O6. The highest BCUT2D eigenvalue weighted by Gasteiger charge is 2.55. The van der Waals surface area contributed by atoms with Gasteiger partial charge in [-0.05, 0) is 11.1 Å². The van der Waals surface area contributed by atoms with Crippen LogP contribution in [0.5, 0.6) is 0 Å². The zero-order chi connectivity index (χ0) is 20.8. The number of benzene rings is 1. The molecule has 10 heteroatoms. The monoisotopic (exact) mass is 398 g/mol. The van der Waals surface area contributed by atoms with E-state index in [2.05, 4.69) is 10.0 Å². The molecule has 3 rings (SSSR count). The van der Waals surface area contributed by atoms with Gasteiger partial charge in [0.25, 0.3) is 0 Å². The summed E-state index contributed by atoms with van der Waals surface area (Å²) in [5, 5.41) is 12.9. The molecule has 0 radical (unpaired) electrons. The summed E-state index contributed by atoms with van der Waals surface area (Å²) in [6.07, 6.45) is 2.33. The summed E-state index contributed by atoms with van der Waals surface area (Å²) in [6, 6.07) is 7.76. The van der Waals surface area contributed by atoms with Crippen molar-refractivity contribution in [3.8, 4) is 0 Å². The molecule has 2 atom stereocenters. The van der Waals surface area contributed by atoms with Gasteiger partial charge in [-0.2, -0.15) is 0 Å². The Kier molecular flexibility index (Phi) is 6.16. The summed E-state index contributed by atoms with van der Waals surface area (Å²) in [5.74, 6) is -2.43. The van der Waals surface area contributed by atoms with Crippen LogP contribution in [0.1, 0.15) is 18.4 Å². The van der Waals surface area contributed by atoms with E-state index in [1.807, 2.05) is 6.07 Å². The van der Waals surface area contributed by atoms with Crippen LogP contribution in [-0.4, -0.2) is 46.7 Å². The molecule has 29 heavy (non-hydrogen) atoms. The smallest absolute Gasteiger partial charge is 0.337 e. The van der Waals surface area contributed by atoms with Gasteiger partial charge >= 0.3 is 11.9 Å². The fraction of sp³-hybridized carbons (Fsp3) is 0.316. The van der Waals surface area contributed by atoms with Crippen molar-refractivity contribution < 1.29 is 29.0 Å². The molecule has 2 aliphatic heterocycles. The lowest BCUT2D eigenvalue weighted by atomic mass is 10.0. The van der Waals surface area contributed by atoms with Crippen LogP contribution in [-0.2, 0) is 30.5 Å². The van der Waals surface area contributed by atoms with E-state index in [-0.39, 0.29) is 43.2 Å². The highest BCUT2D eigenvalue weighted by molar-refractivity contribution is 5.95. The summed E-state index contributed by atoms with van der Waals surface area (Å²) in [7, 11) is 0. The molecule has 2 heterocycles. The van der Waals surface area contributed by atoms with E-state index in [9.17, 15) is 19.5 Å². The standard InChI is InChI=1S/C19H18N4O6/c20-22-21-9-5-4-8-13(18(25)26)17-16(23-14(24)10-15(23)29-17)19(27)28-11-12-6-2-1-3-7-12/h1-7,15-16H,8-11H2,(H,25,26)/t15-,16?/m1/s1. The molecule has 150 valence electrons. The van der Waals surface area contributed by atoms with Crippen LogP contribution in [0.3, 0.4) is 0 Å². The number of esters is 1. The van der Waals surface area contributed by atoms with Crippen LogP contribution in [0, 0.1) is 0 Å². The van der Waals surface area contributed by atoms with E-state index < -0.39 is 24.2 Å². The van der Waals surface area contributed by atoms with Crippen molar-refractivity contribution in [1.29, 1.82) is 0 Å². The maximum atomic E-state index is 12.7. The van der Waals surface area contributed by atoms with E-state index in [0.717, 1.165) is 5.56 Å². The molecule has 0 aromatic heterocycles.